The van der Waals surface area contributed by atoms with Crippen LogP contribution in [-0.4, -0.2) is 56.3 Å². The fourth-order valence-corrected chi connectivity index (χ4v) is 4.69. The quantitative estimate of drug-likeness (QED) is 0.782. The summed E-state index contributed by atoms with van der Waals surface area (Å²) in [7, 11) is -3.55. The number of rotatable bonds is 6. The minimum atomic E-state index is -3.55. The highest BCUT2D eigenvalue weighted by Crippen LogP contribution is 2.21. The van der Waals surface area contributed by atoms with Crippen molar-refractivity contribution in [3.8, 4) is 0 Å². The number of benzene rings is 2. The maximum absolute atomic E-state index is 13.2. The van der Waals surface area contributed by atoms with Gasteiger partial charge in [-0.25, -0.2) is 12.8 Å². The van der Waals surface area contributed by atoms with E-state index in [2.05, 4.69) is 19.2 Å². The van der Waals surface area contributed by atoms with E-state index >= 15 is 0 Å². The molecule has 0 bridgehead atoms. The Labute approximate surface area is 171 Å². The second-order valence-corrected chi connectivity index (χ2v) is 9.40. The summed E-state index contributed by atoms with van der Waals surface area (Å²) in [5, 5.41) is 2.66. The Balaban J connectivity index is 1.54. The van der Waals surface area contributed by atoms with E-state index in [9.17, 15) is 17.6 Å². The van der Waals surface area contributed by atoms with E-state index in [0.717, 1.165) is 5.56 Å². The van der Waals surface area contributed by atoms with Crippen LogP contribution < -0.4 is 5.32 Å². The van der Waals surface area contributed by atoms with E-state index in [1.54, 1.807) is 18.2 Å². The maximum Gasteiger partial charge on any atom is 0.243 e. The summed E-state index contributed by atoms with van der Waals surface area (Å²) in [6.45, 7) is 5.82. The summed E-state index contributed by atoms with van der Waals surface area (Å²) in [6.07, 6.45) is 0. The van der Waals surface area contributed by atoms with E-state index in [4.69, 9.17) is 0 Å². The first-order valence-electron chi connectivity index (χ1n) is 9.63. The van der Waals surface area contributed by atoms with Gasteiger partial charge < -0.3 is 5.32 Å². The monoisotopic (exact) mass is 419 g/mol. The average molecular weight is 420 g/mol. The van der Waals surface area contributed by atoms with Crippen LogP contribution in [0.3, 0.4) is 0 Å². The molecule has 2 aromatic rings. The molecule has 156 valence electrons. The zero-order valence-corrected chi connectivity index (χ0v) is 17.5. The zero-order valence-electron chi connectivity index (χ0n) is 16.6. The molecule has 0 unspecified atom stereocenters. The molecular weight excluding hydrogens is 393 g/mol. The second-order valence-electron chi connectivity index (χ2n) is 7.46. The molecule has 1 fully saturated rings. The Morgan fingerprint density at radius 2 is 1.72 bits per heavy atom. The summed E-state index contributed by atoms with van der Waals surface area (Å²) in [5.41, 5.74) is 1.50. The molecule has 2 aromatic carbocycles. The van der Waals surface area contributed by atoms with Gasteiger partial charge in [-0.1, -0.05) is 32.0 Å². The van der Waals surface area contributed by atoms with Gasteiger partial charge in [0.1, 0.15) is 5.82 Å². The molecule has 1 aliphatic heterocycles. The van der Waals surface area contributed by atoms with E-state index in [1.807, 2.05) is 17.0 Å². The van der Waals surface area contributed by atoms with Crippen molar-refractivity contribution in [2.24, 2.45) is 0 Å². The lowest BCUT2D eigenvalue weighted by Gasteiger charge is -2.33. The van der Waals surface area contributed by atoms with Gasteiger partial charge in [-0.3, -0.25) is 9.69 Å². The van der Waals surface area contributed by atoms with Crippen LogP contribution in [-0.2, 0) is 14.8 Å². The van der Waals surface area contributed by atoms with Crippen molar-refractivity contribution in [1.29, 1.82) is 0 Å². The van der Waals surface area contributed by atoms with Crippen molar-refractivity contribution in [1.82, 2.24) is 9.21 Å². The predicted octanol–water partition coefficient (Wildman–Crippen LogP) is 2.89. The average Bonchev–Trinajstić information content (AvgIpc) is 2.68. The number of nitrogens with zero attached hydrogens (tertiary/aromatic N) is 2. The van der Waals surface area contributed by atoms with Crippen molar-refractivity contribution in [2.75, 3.05) is 38.0 Å². The highest BCUT2D eigenvalue weighted by Gasteiger charge is 2.29. The fraction of sp³-hybridized carbons (Fsp3) is 0.381. The van der Waals surface area contributed by atoms with E-state index in [-0.39, 0.29) is 12.5 Å². The lowest BCUT2D eigenvalue weighted by atomic mass is 10.0. The summed E-state index contributed by atoms with van der Waals surface area (Å²) in [5.74, 6) is -0.326. The number of piperazine rings is 1. The number of hydrogen-bond donors (Lipinski definition) is 1. The van der Waals surface area contributed by atoms with Gasteiger partial charge in [-0.05, 0) is 41.8 Å². The normalized spacial score (nSPS) is 16.1. The van der Waals surface area contributed by atoms with Gasteiger partial charge in [0.15, 0.2) is 0 Å². The second kappa shape index (κ2) is 9.02. The molecule has 1 heterocycles. The Morgan fingerprint density at radius 1 is 1.07 bits per heavy atom. The van der Waals surface area contributed by atoms with E-state index in [0.29, 0.717) is 42.7 Å². The van der Waals surface area contributed by atoms with Crippen LogP contribution in [0.15, 0.2) is 53.4 Å². The molecule has 0 radical (unpaired) electrons. The van der Waals surface area contributed by atoms with Gasteiger partial charge >= 0.3 is 0 Å². The van der Waals surface area contributed by atoms with Crippen LogP contribution in [0.1, 0.15) is 25.3 Å². The van der Waals surface area contributed by atoms with Crippen LogP contribution >= 0.6 is 0 Å². The molecular formula is C21H26FN3O3S. The Hall–Kier alpha value is -2.29. The number of halogens is 1. The third-order valence-electron chi connectivity index (χ3n) is 4.99. The molecule has 29 heavy (non-hydrogen) atoms. The highest BCUT2D eigenvalue weighted by atomic mass is 32.2. The minimum absolute atomic E-state index is 0.132. The molecule has 8 heteroatoms. The van der Waals surface area contributed by atoms with Gasteiger partial charge in [-0.2, -0.15) is 4.31 Å². The first kappa shape index (κ1) is 21.4. The molecule has 6 nitrogen and oxygen atoms in total. The summed E-state index contributed by atoms with van der Waals surface area (Å²) < 4.78 is 40.4. The van der Waals surface area contributed by atoms with E-state index in [1.165, 1.54) is 22.5 Å². The van der Waals surface area contributed by atoms with Crippen molar-refractivity contribution in [2.45, 2.75) is 24.7 Å². The third-order valence-corrected chi connectivity index (χ3v) is 6.90. The van der Waals surface area contributed by atoms with Gasteiger partial charge in [0.25, 0.3) is 0 Å². The Bertz CT molecular complexity index is 953. The van der Waals surface area contributed by atoms with Crippen LogP contribution in [0.5, 0.6) is 0 Å². The Kier molecular flexibility index (Phi) is 6.66. The standard InChI is InChI=1S/C21H26FN3O3S/c1-16(2)17-6-8-20(9-7-17)29(27,28)25-12-10-24(11-13-25)15-21(26)23-19-5-3-4-18(22)14-19/h3-9,14,16H,10-13,15H2,1-2H3,(H,23,26). The number of anilines is 1. The molecule has 1 saturated heterocycles. The Morgan fingerprint density at radius 3 is 2.31 bits per heavy atom. The number of nitrogens with one attached hydrogen (secondary N) is 1. The van der Waals surface area contributed by atoms with Crippen LogP contribution in [0.25, 0.3) is 0 Å². The summed E-state index contributed by atoms with van der Waals surface area (Å²) in [4.78, 5) is 14.4. The number of amides is 1. The van der Waals surface area contributed by atoms with Crippen molar-refractivity contribution in [3.63, 3.8) is 0 Å². The lowest BCUT2D eigenvalue weighted by molar-refractivity contribution is -0.117. The van der Waals surface area contributed by atoms with Gasteiger partial charge in [0.05, 0.1) is 11.4 Å². The topological polar surface area (TPSA) is 69.7 Å². The number of hydrogen-bond acceptors (Lipinski definition) is 4. The SMILES string of the molecule is CC(C)c1ccc(S(=O)(=O)N2CCN(CC(=O)Nc3cccc(F)c3)CC2)cc1. The van der Waals surface area contributed by atoms with Crippen LogP contribution in [0, 0.1) is 5.82 Å². The molecule has 0 saturated carbocycles. The van der Waals surface area contributed by atoms with Crippen LogP contribution in [0.4, 0.5) is 10.1 Å². The molecule has 0 spiro atoms. The molecule has 0 aromatic heterocycles. The first-order valence-corrected chi connectivity index (χ1v) is 11.1. The van der Waals surface area contributed by atoms with Gasteiger partial charge in [0.2, 0.25) is 15.9 Å². The number of carbonyl (C=O) groups is 1. The molecule has 1 N–H and O–H groups in total. The first-order chi connectivity index (χ1) is 13.8. The highest BCUT2D eigenvalue weighted by molar-refractivity contribution is 7.89. The molecule has 0 atom stereocenters. The largest absolute Gasteiger partial charge is 0.325 e. The van der Waals surface area contributed by atoms with Crippen LogP contribution in [0.2, 0.25) is 0 Å². The molecule has 1 amide bonds. The lowest BCUT2D eigenvalue weighted by Crippen LogP contribution is -2.50. The van der Waals surface area contributed by atoms with Crippen molar-refractivity contribution in [3.05, 3.63) is 59.9 Å². The van der Waals surface area contributed by atoms with Crippen molar-refractivity contribution >= 4 is 21.6 Å². The number of sulfonamides is 1. The van der Waals surface area contributed by atoms with Gasteiger partial charge in [-0.15, -0.1) is 0 Å². The fourth-order valence-electron chi connectivity index (χ4n) is 3.27. The van der Waals surface area contributed by atoms with Gasteiger partial charge in [0, 0.05) is 31.9 Å². The maximum atomic E-state index is 13.2. The summed E-state index contributed by atoms with van der Waals surface area (Å²) >= 11 is 0. The third kappa shape index (κ3) is 5.41. The molecule has 3 rings (SSSR count). The zero-order chi connectivity index (χ0) is 21.0. The number of carbonyl (C=O) groups excluding carboxylic acids is 1. The van der Waals surface area contributed by atoms with E-state index < -0.39 is 15.8 Å². The van der Waals surface area contributed by atoms with Crippen molar-refractivity contribution < 1.29 is 17.6 Å². The summed E-state index contributed by atoms with van der Waals surface area (Å²) in [6, 6.07) is 12.7. The predicted molar refractivity (Wildman–Crippen MR) is 111 cm³/mol. The molecule has 0 aliphatic carbocycles. The minimum Gasteiger partial charge on any atom is -0.325 e. The smallest absolute Gasteiger partial charge is 0.243 e. The molecule has 1 aliphatic rings.